The summed E-state index contributed by atoms with van der Waals surface area (Å²) in [5.41, 5.74) is 5.13. The summed E-state index contributed by atoms with van der Waals surface area (Å²) in [6, 6.07) is 4.36. The summed E-state index contributed by atoms with van der Waals surface area (Å²) in [6.45, 7) is 17.3. The van der Waals surface area contributed by atoms with Gasteiger partial charge in [0.05, 0.1) is 0 Å². The maximum Gasteiger partial charge on any atom is 0.127 e. The highest BCUT2D eigenvalue weighted by Crippen LogP contribution is 2.33. The topological polar surface area (TPSA) is 18.5 Å². The molecule has 0 atom stereocenters. The molecule has 160 valence electrons. The van der Waals surface area contributed by atoms with Crippen molar-refractivity contribution < 1.29 is 9.47 Å². The van der Waals surface area contributed by atoms with Crippen molar-refractivity contribution >= 4 is 0 Å². The average Bonchev–Trinajstić information content (AvgIpc) is 2.69. The lowest BCUT2D eigenvalue weighted by atomic mass is 10.00. The van der Waals surface area contributed by atoms with Crippen LogP contribution in [0.5, 0.6) is 11.5 Å². The number of rotatable bonds is 15. The van der Waals surface area contributed by atoms with E-state index in [1.807, 2.05) is 0 Å². The van der Waals surface area contributed by atoms with Crippen molar-refractivity contribution in [2.75, 3.05) is 13.2 Å². The van der Waals surface area contributed by atoms with Gasteiger partial charge in [-0.1, -0.05) is 68.4 Å². The molecule has 0 unspecified atom stereocenters. The highest BCUT2D eigenvalue weighted by atomic mass is 16.5. The average molecular weight is 397 g/mol. The van der Waals surface area contributed by atoms with Crippen molar-refractivity contribution in [2.24, 2.45) is 0 Å². The summed E-state index contributed by atoms with van der Waals surface area (Å²) >= 11 is 0. The predicted molar refractivity (Wildman–Crippen MR) is 127 cm³/mol. The van der Waals surface area contributed by atoms with E-state index in [0.29, 0.717) is 13.2 Å². The van der Waals surface area contributed by atoms with Gasteiger partial charge in [-0.2, -0.15) is 0 Å². The lowest BCUT2D eigenvalue weighted by Gasteiger charge is -2.17. The third-order valence-corrected chi connectivity index (χ3v) is 4.76. The zero-order valence-electron chi connectivity index (χ0n) is 19.1. The highest BCUT2D eigenvalue weighted by Gasteiger charge is 2.13. The normalized spacial score (nSPS) is 11.1. The van der Waals surface area contributed by atoms with Crippen LogP contribution < -0.4 is 9.47 Å². The Morgan fingerprint density at radius 1 is 0.931 bits per heavy atom. The van der Waals surface area contributed by atoms with E-state index in [4.69, 9.17) is 9.47 Å². The minimum Gasteiger partial charge on any atom is -0.489 e. The molecule has 29 heavy (non-hydrogen) atoms. The Hall–Kier alpha value is -2.22. The number of allylic oxidation sites excluding steroid dienone is 4. The van der Waals surface area contributed by atoms with Gasteiger partial charge in [0.15, 0.2) is 0 Å². The standard InChI is InChI=1S/C27H40O2/c1-7-10-11-15-24-20-26(28-18-8-2)25(27(21-24)29-19-9-3)17-16-23(6)14-12-13-22(4)5/h8-9,13,16,20-21H,2-3,7,10-12,14-15,17-19H2,1,4-6H3. The second-order valence-corrected chi connectivity index (χ2v) is 7.80. The van der Waals surface area contributed by atoms with Gasteiger partial charge in [0, 0.05) is 5.56 Å². The summed E-state index contributed by atoms with van der Waals surface area (Å²) in [6.07, 6.45) is 15.8. The summed E-state index contributed by atoms with van der Waals surface area (Å²) in [4.78, 5) is 0. The fourth-order valence-electron chi connectivity index (χ4n) is 3.12. The van der Waals surface area contributed by atoms with Gasteiger partial charge in [-0.25, -0.2) is 0 Å². The molecule has 2 heteroatoms. The number of hydrogen-bond donors (Lipinski definition) is 0. The number of benzene rings is 1. The Bertz CT molecular complexity index is 657. The van der Waals surface area contributed by atoms with Gasteiger partial charge in [-0.05, 0) is 70.6 Å². The van der Waals surface area contributed by atoms with Gasteiger partial charge < -0.3 is 9.47 Å². The predicted octanol–water partition coefficient (Wildman–Crippen LogP) is 7.78. The van der Waals surface area contributed by atoms with Crippen LogP contribution in [0, 0.1) is 0 Å². The van der Waals surface area contributed by atoms with Crippen molar-refractivity contribution in [3.63, 3.8) is 0 Å². The Morgan fingerprint density at radius 2 is 1.55 bits per heavy atom. The molecule has 0 aliphatic heterocycles. The van der Waals surface area contributed by atoms with Crippen molar-refractivity contribution in [1.29, 1.82) is 0 Å². The fraction of sp³-hybridized carbons (Fsp3) is 0.481. The molecule has 0 aliphatic carbocycles. The largest absolute Gasteiger partial charge is 0.489 e. The van der Waals surface area contributed by atoms with E-state index in [0.717, 1.165) is 42.7 Å². The molecule has 1 rings (SSSR count). The molecular formula is C27H40O2. The molecule has 0 saturated carbocycles. The van der Waals surface area contributed by atoms with Crippen LogP contribution in [0.15, 0.2) is 60.7 Å². The molecular weight excluding hydrogens is 356 g/mol. The Balaban J connectivity index is 3.11. The van der Waals surface area contributed by atoms with Crippen LogP contribution in [-0.2, 0) is 12.8 Å². The number of aryl methyl sites for hydroxylation is 1. The first-order valence-corrected chi connectivity index (χ1v) is 10.9. The molecule has 0 aromatic heterocycles. The molecule has 2 nitrogen and oxygen atoms in total. The van der Waals surface area contributed by atoms with Crippen LogP contribution in [-0.4, -0.2) is 13.2 Å². The van der Waals surface area contributed by atoms with Crippen molar-refractivity contribution in [2.45, 2.75) is 72.6 Å². The Kier molecular flexibility index (Phi) is 12.6. The van der Waals surface area contributed by atoms with Crippen LogP contribution in [0.2, 0.25) is 0 Å². The Morgan fingerprint density at radius 3 is 2.07 bits per heavy atom. The smallest absolute Gasteiger partial charge is 0.127 e. The quantitative estimate of drug-likeness (QED) is 0.222. The minimum absolute atomic E-state index is 0.496. The monoisotopic (exact) mass is 396 g/mol. The van der Waals surface area contributed by atoms with E-state index in [9.17, 15) is 0 Å². The third kappa shape index (κ3) is 10.2. The zero-order chi connectivity index (χ0) is 21.5. The van der Waals surface area contributed by atoms with Crippen LogP contribution in [0.1, 0.15) is 70.9 Å². The van der Waals surface area contributed by atoms with Crippen LogP contribution >= 0.6 is 0 Å². The summed E-state index contributed by atoms with van der Waals surface area (Å²) < 4.78 is 12.1. The summed E-state index contributed by atoms with van der Waals surface area (Å²) in [5, 5.41) is 0. The lowest BCUT2D eigenvalue weighted by molar-refractivity contribution is 0.338. The summed E-state index contributed by atoms with van der Waals surface area (Å²) in [5.74, 6) is 1.82. The first-order valence-electron chi connectivity index (χ1n) is 10.9. The van der Waals surface area contributed by atoms with E-state index in [-0.39, 0.29) is 0 Å². The van der Waals surface area contributed by atoms with Crippen LogP contribution in [0.25, 0.3) is 0 Å². The third-order valence-electron chi connectivity index (χ3n) is 4.76. The molecule has 0 saturated heterocycles. The van der Waals surface area contributed by atoms with Gasteiger partial charge in [-0.3, -0.25) is 0 Å². The Labute approximate surface area is 179 Å². The summed E-state index contributed by atoms with van der Waals surface area (Å²) in [7, 11) is 0. The molecule has 0 fully saturated rings. The highest BCUT2D eigenvalue weighted by molar-refractivity contribution is 5.49. The van der Waals surface area contributed by atoms with Crippen LogP contribution in [0.3, 0.4) is 0 Å². The van der Waals surface area contributed by atoms with E-state index in [1.165, 1.54) is 36.0 Å². The van der Waals surface area contributed by atoms with E-state index in [1.54, 1.807) is 12.2 Å². The number of ether oxygens (including phenoxy) is 2. The molecule has 0 spiro atoms. The van der Waals surface area contributed by atoms with E-state index >= 15 is 0 Å². The molecule has 0 amide bonds. The molecule has 1 aromatic carbocycles. The maximum atomic E-state index is 6.04. The number of hydrogen-bond acceptors (Lipinski definition) is 2. The second-order valence-electron chi connectivity index (χ2n) is 7.80. The van der Waals surface area contributed by atoms with Crippen molar-refractivity contribution in [3.05, 3.63) is 71.9 Å². The minimum atomic E-state index is 0.496. The van der Waals surface area contributed by atoms with E-state index < -0.39 is 0 Å². The first kappa shape index (κ1) is 24.8. The molecule has 1 aromatic rings. The molecule has 0 aliphatic rings. The van der Waals surface area contributed by atoms with E-state index in [2.05, 4.69) is 65.1 Å². The van der Waals surface area contributed by atoms with Gasteiger partial charge in [0.2, 0.25) is 0 Å². The SMILES string of the molecule is C=CCOc1cc(CCCCC)cc(OCC=C)c1CC=C(C)CCC=C(C)C. The lowest BCUT2D eigenvalue weighted by Crippen LogP contribution is -2.04. The molecule has 0 heterocycles. The molecule has 0 N–H and O–H groups in total. The molecule has 0 bridgehead atoms. The van der Waals surface area contributed by atoms with Gasteiger partial charge in [0.25, 0.3) is 0 Å². The first-order chi connectivity index (χ1) is 14.0. The van der Waals surface area contributed by atoms with Gasteiger partial charge in [0.1, 0.15) is 24.7 Å². The zero-order valence-corrected chi connectivity index (χ0v) is 19.1. The van der Waals surface area contributed by atoms with Crippen molar-refractivity contribution in [1.82, 2.24) is 0 Å². The molecule has 0 radical (unpaired) electrons. The number of unbranched alkanes of at least 4 members (excludes halogenated alkanes) is 2. The van der Waals surface area contributed by atoms with Crippen LogP contribution in [0.4, 0.5) is 0 Å². The second kappa shape index (κ2) is 14.7. The van der Waals surface area contributed by atoms with Gasteiger partial charge in [-0.15, -0.1) is 0 Å². The van der Waals surface area contributed by atoms with Crippen molar-refractivity contribution in [3.8, 4) is 11.5 Å². The maximum absolute atomic E-state index is 6.04. The van der Waals surface area contributed by atoms with Gasteiger partial charge >= 0.3 is 0 Å². The fourth-order valence-corrected chi connectivity index (χ4v) is 3.12.